The van der Waals surface area contributed by atoms with E-state index >= 15 is 0 Å². The number of nitrogens with zero attached hydrogens (tertiary/aromatic N) is 4. The molecule has 0 atom stereocenters. The second-order valence-corrected chi connectivity index (χ2v) is 7.78. The fourth-order valence-corrected chi connectivity index (χ4v) is 2.95. The molecule has 164 valence electrons. The number of hydrogen-bond donors (Lipinski definition) is 2. The Morgan fingerprint density at radius 1 is 1.27 bits per heavy atom. The van der Waals surface area contributed by atoms with Gasteiger partial charge in [0.05, 0.1) is 5.69 Å². The Labute approximate surface area is 171 Å². The largest absolute Gasteiger partial charge is 0.435 e. The van der Waals surface area contributed by atoms with Crippen LogP contribution in [0.2, 0.25) is 0 Å². The molecule has 1 aliphatic rings. The van der Waals surface area contributed by atoms with Crippen LogP contribution in [0, 0.1) is 5.92 Å². The van der Waals surface area contributed by atoms with Gasteiger partial charge in [0.1, 0.15) is 6.54 Å². The van der Waals surface area contributed by atoms with Gasteiger partial charge in [0, 0.05) is 30.9 Å². The number of amides is 2. The maximum absolute atomic E-state index is 13.0. The van der Waals surface area contributed by atoms with Crippen LogP contribution in [0.1, 0.15) is 61.4 Å². The van der Waals surface area contributed by atoms with Crippen molar-refractivity contribution >= 4 is 17.5 Å². The molecule has 0 radical (unpaired) electrons. The zero-order valence-corrected chi connectivity index (χ0v) is 17.1. The molecule has 2 amide bonds. The number of alkyl halides is 3. The number of carbonyl (C=O) groups is 2. The number of nitrogens with one attached hydrogen (secondary N) is 2. The first-order chi connectivity index (χ1) is 14.1. The van der Waals surface area contributed by atoms with Crippen LogP contribution >= 0.6 is 0 Å². The lowest BCUT2D eigenvalue weighted by Gasteiger charge is -2.09. The smallest absolute Gasteiger partial charge is 0.350 e. The third-order valence-electron chi connectivity index (χ3n) is 4.64. The van der Waals surface area contributed by atoms with Gasteiger partial charge in [-0.3, -0.25) is 19.0 Å². The van der Waals surface area contributed by atoms with Crippen LogP contribution in [-0.4, -0.2) is 37.9 Å². The van der Waals surface area contributed by atoms with E-state index in [0.717, 1.165) is 23.6 Å². The maximum Gasteiger partial charge on any atom is 0.435 e. The van der Waals surface area contributed by atoms with Crippen molar-refractivity contribution < 1.29 is 22.8 Å². The number of rotatable bonds is 8. The molecule has 0 aliphatic heterocycles. The normalized spacial score (nSPS) is 14.2. The zero-order chi connectivity index (χ0) is 22.1. The third-order valence-corrected chi connectivity index (χ3v) is 4.64. The van der Waals surface area contributed by atoms with Crippen molar-refractivity contribution in [1.29, 1.82) is 0 Å². The van der Waals surface area contributed by atoms with Crippen molar-refractivity contribution in [2.45, 2.75) is 58.8 Å². The molecule has 2 heterocycles. The summed E-state index contributed by atoms with van der Waals surface area (Å²) in [6.07, 6.45) is -1.51. The van der Waals surface area contributed by atoms with Gasteiger partial charge in [0.2, 0.25) is 5.91 Å². The topological polar surface area (TPSA) is 93.8 Å². The van der Waals surface area contributed by atoms with Crippen molar-refractivity contribution in [1.82, 2.24) is 24.9 Å². The lowest BCUT2D eigenvalue weighted by atomic mass is 10.2. The van der Waals surface area contributed by atoms with Gasteiger partial charge in [-0.15, -0.1) is 0 Å². The van der Waals surface area contributed by atoms with Gasteiger partial charge in [-0.2, -0.15) is 23.4 Å². The van der Waals surface area contributed by atoms with E-state index in [-0.39, 0.29) is 29.8 Å². The van der Waals surface area contributed by atoms with Crippen LogP contribution < -0.4 is 10.6 Å². The summed E-state index contributed by atoms with van der Waals surface area (Å²) in [5.41, 5.74) is -0.342. The minimum Gasteiger partial charge on any atom is -0.350 e. The van der Waals surface area contributed by atoms with E-state index < -0.39 is 23.7 Å². The maximum atomic E-state index is 13.0. The molecule has 2 aromatic rings. The fourth-order valence-electron chi connectivity index (χ4n) is 2.95. The van der Waals surface area contributed by atoms with Crippen LogP contribution in [0.15, 0.2) is 12.3 Å². The van der Waals surface area contributed by atoms with E-state index in [1.807, 2.05) is 20.8 Å². The number of aromatic nitrogens is 4. The molecule has 1 saturated carbocycles. The van der Waals surface area contributed by atoms with Crippen LogP contribution in [0.5, 0.6) is 0 Å². The lowest BCUT2D eigenvalue weighted by molar-refractivity contribution is -0.141. The highest BCUT2D eigenvalue weighted by Crippen LogP contribution is 2.42. The van der Waals surface area contributed by atoms with Crippen molar-refractivity contribution in [3.8, 4) is 0 Å². The second-order valence-electron chi connectivity index (χ2n) is 7.78. The summed E-state index contributed by atoms with van der Waals surface area (Å²) in [5, 5.41) is 13.1. The number of carbonyl (C=O) groups excluding carboxylic acids is 2. The Bertz CT molecular complexity index is 927. The quantitative estimate of drug-likeness (QED) is 0.679. The van der Waals surface area contributed by atoms with E-state index in [4.69, 9.17) is 0 Å². The summed E-state index contributed by atoms with van der Waals surface area (Å²) >= 11 is 0. The van der Waals surface area contributed by atoms with E-state index in [0.29, 0.717) is 18.8 Å². The molecule has 30 heavy (non-hydrogen) atoms. The fraction of sp³-hybridized carbons (Fsp3) is 0.579. The van der Waals surface area contributed by atoms with E-state index in [9.17, 15) is 22.8 Å². The molecule has 0 saturated heterocycles. The first-order valence-electron chi connectivity index (χ1n) is 9.89. The average molecular weight is 426 g/mol. The highest BCUT2D eigenvalue weighted by molar-refractivity contribution is 6.02. The minimum atomic E-state index is -4.57. The number of anilines is 1. The van der Waals surface area contributed by atoms with Gasteiger partial charge in [-0.25, -0.2) is 0 Å². The summed E-state index contributed by atoms with van der Waals surface area (Å²) in [5.74, 6) is -0.782. The summed E-state index contributed by atoms with van der Waals surface area (Å²) in [6.45, 7) is 6.28. The molecule has 2 aromatic heterocycles. The first-order valence-corrected chi connectivity index (χ1v) is 9.89. The summed E-state index contributed by atoms with van der Waals surface area (Å²) in [7, 11) is 0. The lowest BCUT2D eigenvalue weighted by Crippen LogP contribution is -2.29. The summed E-state index contributed by atoms with van der Waals surface area (Å²) in [6, 6.07) is 1.00. The number of aryl methyl sites for hydroxylation is 1. The van der Waals surface area contributed by atoms with E-state index in [1.54, 1.807) is 0 Å². The summed E-state index contributed by atoms with van der Waals surface area (Å²) in [4.78, 5) is 25.0. The van der Waals surface area contributed by atoms with Crippen molar-refractivity contribution in [3.63, 3.8) is 0 Å². The van der Waals surface area contributed by atoms with Crippen LogP contribution in [0.4, 0.5) is 18.9 Å². The van der Waals surface area contributed by atoms with Crippen LogP contribution in [0.25, 0.3) is 0 Å². The molecule has 1 fully saturated rings. The molecule has 0 aromatic carbocycles. The van der Waals surface area contributed by atoms with E-state index in [2.05, 4.69) is 20.8 Å². The first kappa shape index (κ1) is 21.8. The number of halogens is 3. The van der Waals surface area contributed by atoms with E-state index in [1.165, 1.54) is 10.9 Å². The molecule has 8 nitrogen and oxygen atoms in total. The Morgan fingerprint density at radius 3 is 2.53 bits per heavy atom. The molecular formula is C19H25F3N6O2. The Kier molecular flexibility index (Phi) is 6.18. The average Bonchev–Trinajstić information content (AvgIpc) is 3.28. The van der Waals surface area contributed by atoms with Crippen LogP contribution in [-0.2, 0) is 24.1 Å². The van der Waals surface area contributed by atoms with Crippen molar-refractivity contribution in [2.24, 2.45) is 5.92 Å². The molecular weight excluding hydrogens is 401 g/mol. The van der Waals surface area contributed by atoms with Gasteiger partial charge < -0.3 is 10.6 Å². The summed E-state index contributed by atoms with van der Waals surface area (Å²) < 4.78 is 41.7. The molecule has 1 aliphatic carbocycles. The molecule has 0 bridgehead atoms. The minimum absolute atomic E-state index is 0.0124. The standard InChI is InChI=1S/C19H25F3N6O2/c1-4-27-9-13(17(26-27)18(30)23-8-11(2)3)24-16(29)10-28-14(12-5-6-12)7-15(25-28)19(20,21)22/h7,9,11-12H,4-6,8,10H2,1-3H3,(H,23,30)(H,24,29). The Balaban J connectivity index is 1.76. The van der Waals surface area contributed by atoms with Crippen LogP contribution in [0.3, 0.4) is 0 Å². The van der Waals surface area contributed by atoms with Crippen molar-refractivity contribution in [3.05, 3.63) is 29.3 Å². The van der Waals surface area contributed by atoms with Gasteiger partial charge in [0.15, 0.2) is 11.4 Å². The molecule has 2 N–H and O–H groups in total. The predicted octanol–water partition coefficient (Wildman–Crippen LogP) is 3.02. The highest BCUT2D eigenvalue weighted by atomic mass is 19.4. The molecule has 0 spiro atoms. The second kappa shape index (κ2) is 8.49. The third kappa shape index (κ3) is 5.19. The molecule has 11 heteroatoms. The predicted molar refractivity (Wildman–Crippen MR) is 103 cm³/mol. The molecule has 3 rings (SSSR count). The SMILES string of the molecule is CCn1cc(NC(=O)Cn2nc(C(F)(F)F)cc2C2CC2)c(C(=O)NCC(C)C)n1. The van der Waals surface area contributed by atoms with Gasteiger partial charge in [-0.1, -0.05) is 13.8 Å². The zero-order valence-electron chi connectivity index (χ0n) is 17.1. The van der Waals surface area contributed by atoms with Crippen molar-refractivity contribution in [2.75, 3.05) is 11.9 Å². The van der Waals surface area contributed by atoms with Gasteiger partial charge >= 0.3 is 6.18 Å². The Hall–Kier alpha value is -2.85. The number of hydrogen-bond acceptors (Lipinski definition) is 4. The monoisotopic (exact) mass is 426 g/mol. The van der Waals surface area contributed by atoms with Gasteiger partial charge in [0.25, 0.3) is 5.91 Å². The van der Waals surface area contributed by atoms with Gasteiger partial charge in [-0.05, 0) is 31.7 Å². The Morgan fingerprint density at radius 2 is 1.97 bits per heavy atom. The highest BCUT2D eigenvalue weighted by Gasteiger charge is 2.38. The molecule has 0 unspecified atom stereocenters.